The summed E-state index contributed by atoms with van der Waals surface area (Å²) < 4.78 is 37.6. The van der Waals surface area contributed by atoms with E-state index < -0.39 is 26.9 Å². The lowest BCUT2D eigenvalue weighted by Crippen LogP contribution is -2.33. The average Bonchev–Trinajstić information content (AvgIpc) is 2.73. The van der Waals surface area contributed by atoms with E-state index in [1.165, 1.54) is 24.3 Å². The number of fused-ring (bicyclic) bond motifs is 1. The number of hydrogen-bond acceptors (Lipinski definition) is 4. The Labute approximate surface area is 118 Å². The van der Waals surface area contributed by atoms with Gasteiger partial charge in [0.25, 0.3) is 15.9 Å². The van der Waals surface area contributed by atoms with Gasteiger partial charge in [-0.15, -0.1) is 3.71 Å². The molecule has 1 heterocycles. The van der Waals surface area contributed by atoms with E-state index in [2.05, 4.69) is 0 Å². The summed E-state index contributed by atoms with van der Waals surface area (Å²) in [5.74, 6) is -0.761. The van der Waals surface area contributed by atoms with Gasteiger partial charge in [-0.25, -0.2) is 4.21 Å². The topological polar surface area (TPSA) is 71.5 Å². The highest BCUT2D eigenvalue weighted by molar-refractivity contribution is 8.02. The van der Waals surface area contributed by atoms with Gasteiger partial charge in [-0.3, -0.25) is 4.79 Å². The van der Waals surface area contributed by atoms with E-state index in [4.69, 9.17) is 0 Å². The molecule has 3 rings (SSSR count). The molecule has 1 aliphatic rings. The minimum atomic E-state index is -4.12. The second kappa shape index (κ2) is 4.53. The Balaban J connectivity index is 2.15. The van der Waals surface area contributed by atoms with Crippen molar-refractivity contribution in [3.8, 4) is 0 Å². The zero-order valence-electron chi connectivity index (χ0n) is 10.1. The molecule has 0 aliphatic carbocycles. The van der Waals surface area contributed by atoms with Crippen molar-refractivity contribution in [1.82, 2.24) is 3.71 Å². The first-order chi connectivity index (χ1) is 9.53. The molecule has 20 heavy (non-hydrogen) atoms. The summed E-state index contributed by atoms with van der Waals surface area (Å²) in [7, 11) is -6.16. The van der Waals surface area contributed by atoms with E-state index in [0.717, 1.165) is 0 Å². The third-order valence-corrected chi connectivity index (χ3v) is 6.55. The molecule has 0 N–H and O–H groups in total. The summed E-state index contributed by atoms with van der Waals surface area (Å²) in [4.78, 5) is 12.3. The van der Waals surface area contributed by atoms with Crippen molar-refractivity contribution < 1.29 is 17.4 Å². The van der Waals surface area contributed by atoms with Crippen molar-refractivity contribution in [3.05, 3.63) is 60.2 Å². The van der Waals surface area contributed by atoms with E-state index in [1.807, 2.05) is 0 Å². The van der Waals surface area contributed by atoms with Crippen LogP contribution < -0.4 is 0 Å². The molecular formula is C13H9NO4S2. The third kappa shape index (κ3) is 1.78. The predicted octanol–water partition coefficient (Wildman–Crippen LogP) is 1.55. The maximum absolute atomic E-state index is 12.4. The van der Waals surface area contributed by atoms with Crippen LogP contribution in [-0.2, 0) is 21.0 Å². The Morgan fingerprint density at radius 3 is 2.15 bits per heavy atom. The van der Waals surface area contributed by atoms with Gasteiger partial charge in [0.1, 0.15) is 0 Å². The van der Waals surface area contributed by atoms with Crippen LogP contribution in [0.25, 0.3) is 0 Å². The largest absolute Gasteiger partial charge is 0.281 e. The van der Waals surface area contributed by atoms with Crippen molar-refractivity contribution in [1.29, 1.82) is 0 Å². The third-order valence-electron chi connectivity index (χ3n) is 2.88. The highest BCUT2D eigenvalue weighted by Gasteiger charge is 2.43. The molecule has 0 spiro atoms. The van der Waals surface area contributed by atoms with E-state index in [0.29, 0.717) is 3.71 Å². The first-order valence-corrected chi connectivity index (χ1v) is 8.24. The molecule has 1 atom stereocenters. The van der Waals surface area contributed by atoms with Crippen LogP contribution in [-0.4, -0.2) is 22.2 Å². The van der Waals surface area contributed by atoms with Crippen LogP contribution in [0.1, 0.15) is 10.4 Å². The lowest BCUT2D eigenvalue weighted by Gasteiger charge is -2.14. The molecule has 0 aromatic heterocycles. The number of benzene rings is 2. The summed E-state index contributed by atoms with van der Waals surface area (Å²) in [5.41, 5.74) is 0.158. The van der Waals surface area contributed by atoms with Crippen molar-refractivity contribution >= 4 is 26.9 Å². The summed E-state index contributed by atoms with van der Waals surface area (Å²) in [6, 6.07) is 13.7. The molecule has 2 aromatic carbocycles. The van der Waals surface area contributed by atoms with Crippen LogP contribution in [0, 0.1) is 0 Å². The maximum atomic E-state index is 12.4. The van der Waals surface area contributed by atoms with Gasteiger partial charge in [0.2, 0.25) is 0 Å². The second-order valence-corrected chi connectivity index (χ2v) is 7.42. The molecule has 0 radical (unpaired) electrons. The minimum Gasteiger partial charge on any atom is -0.267 e. The second-order valence-electron chi connectivity index (χ2n) is 4.10. The number of carbonyl (C=O) groups excluding carboxylic acids is 1. The van der Waals surface area contributed by atoms with Crippen molar-refractivity contribution in [2.45, 2.75) is 9.79 Å². The quantitative estimate of drug-likeness (QED) is 0.844. The molecule has 0 fully saturated rings. The highest BCUT2D eigenvalue weighted by Crippen LogP contribution is 2.31. The highest BCUT2D eigenvalue weighted by atomic mass is 32.3. The monoisotopic (exact) mass is 307 g/mol. The first-order valence-electron chi connectivity index (χ1n) is 5.69. The summed E-state index contributed by atoms with van der Waals surface area (Å²) in [5, 5.41) is 0. The summed E-state index contributed by atoms with van der Waals surface area (Å²) >= 11 is 0. The van der Waals surface area contributed by atoms with Crippen LogP contribution in [0.5, 0.6) is 0 Å². The minimum absolute atomic E-state index is 0.0606. The number of hydrogen-bond donors (Lipinski definition) is 0. The van der Waals surface area contributed by atoms with Gasteiger partial charge in [0.05, 0.1) is 15.4 Å². The zero-order valence-corrected chi connectivity index (χ0v) is 11.7. The van der Waals surface area contributed by atoms with Crippen molar-refractivity contribution in [2.75, 3.05) is 0 Å². The Morgan fingerprint density at radius 2 is 1.50 bits per heavy atom. The SMILES string of the molecule is O=C1c2ccccc2S(=O)N1S(=O)(=O)c1ccccc1. The lowest BCUT2D eigenvalue weighted by atomic mass is 10.2. The number of amides is 1. The van der Waals surface area contributed by atoms with Gasteiger partial charge < -0.3 is 0 Å². The van der Waals surface area contributed by atoms with Crippen LogP contribution >= 0.6 is 0 Å². The van der Waals surface area contributed by atoms with Crippen LogP contribution in [0.2, 0.25) is 0 Å². The standard InChI is InChI=1S/C13H9NO4S2/c15-13-11-8-4-5-9-12(11)19(16)14(13)20(17,18)10-6-2-1-3-7-10/h1-9H. The molecule has 0 saturated carbocycles. The Bertz CT molecular complexity index is 780. The molecule has 5 nitrogen and oxygen atoms in total. The molecule has 1 aliphatic heterocycles. The first kappa shape index (κ1) is 13.0. The molecular weight excluding hydrogens is 298 g/mol. The molecule has 2 aromatic rings. The fourth-order valence-electron chi connectivity index (χ4n) is 1.95. The maximum Gasteiger partial charge on any atom is 0.281 e. The number of rotatable bonds is 2. The zero-order chi connectivity index (χ0) is 14.3. The smallest absolute Gasteiger partial charge is 0.267 e. The molecule has 7 heteroatoms. The summed E-state index contributed by atoms with van der Waals surface area (Å²) in [6.07, 6.45) is 0. The number of nitrogens with zero attached hydrogens (tertiary/aromatic N) is 1. The molecule has 0 bridgehead atoms. The van der Waals surface area contributed by atoms with Gasteiger partial charge in [0.15, 0.2) is 11.0 Å². The van der Waals surface area contributed by atoms with E-state index >= 15 is 0 Å². The normalized spacial score (nSPS) is 18.1. The van der Waals surface area contributed by atoms with Crippen molar-refractivity contribution in [2.24, 2.45) is 0 Å². The molecule has 1 amide bonds. The van der Waals surface area contributed by atoms with Gasteiger partial charge in [-0.1, -0.05) is 30.3 Å². The van der Waals surface area contributed by atoms with Crippen molar-refractivity contribution in [3.63, 3.8) is 0 Å². The van der Waals surface area contributed by atoms with Gasteiger partial charge in [-0.2, -0.15) is 8.42 Å². The Kier molecular flexibility index (Phi) is 2.95. The molecule has 1 unspecified atom stereocenters. The fraction of sp³-hybridized carbons (Fsp3) is 0. The van der Waals surface area contributed by atoms with E-state index in [-0.39, 0.29) is 15.4 Å². The Hall–Kier alpha value is -1.99. The summed E-state index contributed by atoms with van der Waals surface area (Å²) in [6.45, 7) is 0. The predicted molar refractivity (Wildman–Crippen MR) is 72.6 cm³/mol. The van der Waals surface area contributed by atoms with E-state index in [9.17, 15) is 17.4 Å². The molecule has 102 valence electrons. The van der Waals surface area contributed by atoms with Crippen LogP contribution in [0.4, 0.5) is 0 Å². The Morgan fingerprint density at radius 1 is 0.900 bits per heavy atom. The number of sulfonamides is 1. The van der Waals surface area contributed by atoms with Gasteiger partial charge >= 0.3 is 0 Å². The fourth-order valence-corrected chi connectivity index (χ4v) is 5.13. The van der Waals surface area contributed by atoms with Gasteiger partial charge in [-0.05, 0) is 24.3 Å². The average molecular weight is 307 g/mol. The molecule has 0 saturated heterocycles. The van der Waals surface area contributed by atoms with E-state index in [1.54, 1.807) is 30.3 Å². The van der Waals surface area contributed by atoms with Crippen LogP contribution in [0.3, 0.4) is 0 Å². The lowest BCUT2D eigenvalue weighted by molar-refractivity contribution is 0.0930. The number of carbonyl (C=O) groups is 1. The van der Waals surface area contributed by atoms with Gasteiger partial charge in [0, 0.05) is 0 Å². The van der Waals surface area contributed by atoms with Crippen LogP contribution in [0.15, 0.2) is 64.4 Å².